The fourth-order valence-corrected chi connectivity index (χ4v) is 1.90. The number of hydrogen-bond donors (Lipinski definition) is 0. The number of unbranched alkanes of at least 4 members (excludes halogenated alkanes) is 1. The molecular weight excluding hydrogens is 224 g/mol. The minimum Gasteiger partial charge on any atom is -0.493 e. The van der Waals surface area contributed by atoms with Gasteiger partial charge in [-0.2, -0.15) is 0 Å². The van der Waals surface area contributed by atoms with Gasteiger partial charge in [-0.1, -0.05) is 32.0 Å². The van der Waals surface area contributed by atoms with Crippen LogP contribution in [0.3, 0.4) is 0 Å². The van der Waals surface area contributed by atoms with Crippen LogP contribution >= 0.6 is 0 Å². The van der Waals surface area contributed by atoms with Gasteiger partial charge in [0.15, 0.2) is 0 Å². The van der Waals surface area contributed by atoms with Crippen molar-refractivity contribution in [1.29, 1.82) is 0 Å². The van der Waals surface area contributed by atoms with Crippen molar-refractivity contribution in [2.75, 3.05) is 6.61 Å². The Balaban J connectivity index is 2.44. The Morgan fingerprint density at radius 1 is 1.28 bits per heavy atom. The van der Waals surface area contributed by atoms with Crippen molar-refractivity contribution in [3.8, 4) is 5.75 Å². The molecule has 0 amide bonds. The third-order valence-electron chi connectivity index (χ3n) is 3.24. The molecule has 18 heavy (non-hydrogen) atoms. The summed E-state index contributed by atoms with van der Waals surface area (Å²) in [6.45, 7) is 6.74. The highest BCUT2D eigenvalue weighted by Crippen LogP contribution is 2.28. The number of hydrogen-bond acceptors (Lipinski definition) is 2. The van der Waals surface area contributed by atoms with Gasteiger partial charge in [-0.15, -0.1) is 0 Å². The van der Waals surface area contributed by atoms with Crippen LogP contribution in [0.25, 0.3) is 0 Å². The van der Waals surface area contributed by atoms with E-state index in [1.165, 1.54) is 5.56 Å². The second-order valence-electron chi connectivity index (χ2n) is 4.85. The molecule has 1 aromatic carbocycles. The summed E-state index contributed by atoms with van der Waals surface area (Å²) in [5, 5.41) is 0. The van der Waals surface area contributed by atoms with E-state index >= 15 is 0 Å². The Bertz CT molecular complexity index is 371. The quantitative estimate of drug-likeness (QED) is 0.640. The molecule has 1 unspecified atom stereocenters. The summed E-state index contributed by atoms with van der Waals surface area (Å²) in [6.07, 6.45) is 3.64. The largest absolute Gasteiger partial charge is 0.493 e. The minimum absolute atomic E-state index is 0.259. The van der Waals surface area contributed by atoms with Crippen LogP contribution in [0, 0.1) is 0 Å². The van der Waals surface area contributed by atoms with E-state index in [0.717, 1.165) is 25.0 Å². The van der Waals surface area contributed by atoms with Gasteiger partial charge in [0.1, 0.15) is 11.5 Å². The fourth-order valence-electron chi connectivity index (χ4n) is 1.90. The number of Topliss-reactive ketones (excluding diaryl/α,β-unsaturated/α-hetero) is 1. The molecule has 2 nitrogen and oxygen atoms in total. The first-order valence-electron chi connectivity index (χ1n) is 6.86. The highest BCUT2D eigenvalue weighted by molar-refractivity contribution is 5.75. The van der Waals surface area contributed by atoms with Crippen molar-refractivity contribution < 1.29 is 9.53 Å². The molecule has 0 heterocycles. The predicted molar refractivity (Wildman–Crippen MR) is 75.2 cm³/mol. The molecule has 0 saturated carbocycles. The number of ketones is 1. The van der Waals surface area contributed by atoms with Gasteiger partial charge in [0, 0.05) is 6.42 Å². The van der Waals surface area contributed by atoms with Crippen LogP contribution in [-0.4, -0.2) is 12.4 Å². The van der Waals surface area contributed by atoms with Gasteiger partial charge in [-0.25, -0.2) is 0 Å². The first-order chi connectivity index (χ1) is 8.65. The lowest BCUT2D eigenvalue weighted by Gasteiger charge is -2.15. The summed E-state index contributed by atoms with van der Waals surface area (Å²) < 4.78 is 5.83. The summed E-state index contributed by atoms with van der Waals surface area (Å²) in [7, 11) is 0. The molecule has 0 fully saturated rings. The molecular formula is C16H24O2. The Labute approximate surface area is 110 Å². The third kappa shape index (κ3) is 4.91. The molecule has 1 rings (SSSR count). The molecule has 0 aliphatic heterocycles. The van der Waals surface area contributed by atoms with E-state index in [-0.39, 0.29) is 5.78 Å². The number of rotatable bonds is 8. The maximum Gasteiger partial charge on any atom is 0.129 e. The molecule has 0 bridgehead atoms. The summed E-state index contributed by atoms with van der Waals surface area (Å²) in [6, 6.07) is 8.24. The highest BCUT2D eigenvalue weighted by atomic mass is 16.5. The third-order valence-corrected chi connectivity index (χ3v) is 3.24. The predicted octanol–water partition coefficient (Wildman–Crippen LogP) is 4.34. The van der Waals surface area contributed by atoms with E-state index in [2.05, 4.69) is 26.0 Å². The lowest BCUT2D eigenvalue weighted by atomic mass is 9.98. The molecule has 1 atom stereocenters. The standard InChI is InChI=1S/C16H24O2/c1-4-13(2)15-10-5-6-11-16(15)18-12-8-7-9-14(3)17/h5-6,10-11,13H,4,7-9,12H2,1-3H3. The van der Waals surface area contributed by atoms with E-state index < -0.39 is 0 Å². The average Bonchev–Trinajstić information content (AvgIpc) is 2.37. The number of para-hydroxylation sites is 1. The van der Waals surface area contributed by atoms with Gasteiger partial charge < -0.3 is 9.53 Å². The zero-order valence-electron chi connectivity index (χ0n) is 11.7. The van der Waals surface area contributed by atoms with Crippen molar-refractivity contribution in [2.45, 2.75) is 52.4 Å². The van der Waals surface area contributed by atoms with Crippen molar-refractivity contribution in [3.05, 3.63) is 29.8 Å². The Kier molecular flexibility index (Phi) is 6.48. The number of carbonyl (C=O) groups excluding carboxylic acids is 1. The van der Waals surface area contributed by atoms with E-state index in [1.807, 2.05) is 12.1 Å². The van der Waals surface area contributed by atoms with Crippen molar-refractivity contribution in [2.24, 2.45) is 0 Å². The van der Waals surface area contributed by atoms with Crippen molar-refractivity contribution in [1.82, 2.24) is 0 Å². The molecule has 0 radical (unpaired) electrons. The second-order valence-corrected chi connectivity index (χ2v) is 4.85. The summed E-state index contributed by atoms with van der Waals surface area (Å²) in [5.74, 6) is 1.78. The van der Waals surface area contributed by atoms with E-state index in [9.17, 15) is 4.79 Å². The number of ether oxygens (including phenoxy) is 1. The summed E-state index contributed by atoms with van der Waals surface area (Å²) >= 11 is 0. The first kappa shape index (κ1) is 14.7. The topological polar surface area (TPSA) is 26.3 Å². The van der Waals surface area contributed by atoms with Gasteiger partial charge in [0.2, 0.25) is 0 Å². The molecule has 1 aromatic rings. The molecule has 100 valence electrons. The molecule has 0 aliphatic carbocycles. The van der Waals surface area contributed by atoms with Gasteiger partial charge in [-0.05, 0) is 43.7 Å². The van der Waals surface area contributed by atoms with Crippen LogP contribution in [-0.2, 0) is 4.79 Å². The van der Waals surface area contributed by atoms with Crippen LogP contribution in [0.5, 0.6) is 5.75 Å². The minimum atomic E-state index is 0.259. The molecule has 2 heteroatoms. The molecule has 0 N–H and O–H groups in total. The van der Waals surface area contributed by atoms with Crippen LogP contribution in [0.2, 0.25) is 0 Å². The van der Waals surface area contributed by atoms with Gasteiger partial charge in [-0.3, -0.25) is 0 Å². The molecule has 0 spiro atoms. The average molecular weight is 248 g/mol. The number of benzene rings is 1. The van der Waals surface area contributed by atoms with Crippen LogP contribution in [0.4, 0.5) is 0 Å². The number of carbonyl (C=O) groups is 1. The van der Waals surface area contributed by atoms with E-state index in [0.29, 0.717) is 18.9 Å². The van der Waals surface area contributed by atoms with Crippen molar-refractivity contribution in [3.63, 3.8) is 0 Å². The molecule has 0 aliphatic rings. The second kappa shape index (κ2) is 7.91. The lowest BCUT2D eigenvalue weighted by Crippen LogP contribution is -2.03. The monoisotopic (exact) mass is 248 g/mol. The van der Waals surface area contributed by atoms with Gasteiger partial charge in [0.25, 0.3) is 0 Å². The highest BCUT2D eigenvalue weighted by Gasteiger charge is 2.09. The fraction of sp³-hybridized carbons (Fsp3) is 0.562. The first-order valence-corrected chi connectivity index (χ1v) is 6.86. The SMILES string of the molecule is CCC(C)c1ccccc1OCCCCC(C)=O. The smallest absolute Gasteiger partial charge is 0.129 e. The summed E-state index contributed by atoms with van der Waals surface area (Å²) in [4.78, 5) is 10.8. The van der Waals surface area contributed by atoms with Crippen LogP contribution in [0.1, 0.15) is 57.9 Å². The van der Waals surface area contributed by atoms with Crippen LogP contribution < -0.4 is 4.74 Å². The van der Waals surface area contributed by atoms with Gasteiger partial charge >= 0.3 is 0 Å². The Morgan fingerprint density at radius 2 is 2.00 bits per heavy atom. The maximum absolute atomic E-state index is 10.8. The van der Waals surface area contributed by atoms with Crippen molar-refractivity contribution >= 4 is 5.78 Å². The zero-order chi connectivity index (χ0) is 13.4. The molecule has 0 aromatic heterocycles. The normalized spacial score (nSPS) is 12.2. The van der Waals surface area contributed by atoms with E-state index in [4.69, 9.17) is 4.74 Å². The van der Waals surface area contributed by atoms with Gasteiger partial charge in [0.05, 0.1) is 6.61 Å². The zero-order valence-corrected chi connectivity index (χ0v) is 11.7. The lowest BCUT2D eigenvalue weighted by molar-refractivity contribution is -0.117. The Morgan fingerprint density at radius 3 is 2.67 bits per heavy atom. The summed E-state index contributed by atoms with van der Waals surface area (Å²) in [5.41, 5.74) is 1.28. The maximum atomic E-state index is 10.8. The Hall–Kier alpha value is -1.31. The molecule has 0 saturated heterocycles. The van der Waals surface area contributed by atoms with E-state index in [1.54, 1.807) is 6.92 Å². The van der Waals surface area contributed by atoms with Crippen LogP contribution in [0.15, 0.2) is 24.3 Å².